The van der Waals surface area contributed by atoms with E-state index in [1.54, 1.807) is 0 Å². The second-order valence-electron chi connectivity index (χ2n) is 2.91. The number of nitrogens with zero attached hydrogens (tertiary/aromatic N) is 3. The molecule has 0 aliphatic carbocycles. The summed E-state index contributed by atoms with van der Waals surface area (Å²) in [6, 6.07) is 0. The molecule has 7 heteroatoms. The van der Waals surface area contributed by atoms with Gasteiger partial charge in [0.1, 0.15) is 16.6 Å². The summed E-state index contributed by atoms with van der Waals surface area (Å²) in [6.45, 7) is 1.48. The highest BCUT2D eigenvalue weighted by molar-refractivity contribution is 6.33. The van der Waals surface area contributed by atoms with Gasteiger partial charge in [0.05, 0.1) is 13.7 Å². The summed E-state index contributed by atoms with van der Waals surface area (Å²) in [7, 11) is 1.50. The quantitative estimate of drug-likeness (QED) is 0.699. The van der Waals surface area contributed by atoms with E-state index in [4.69, 9.17) is 22.1 Å². The molecule has 0 radical (unpaired) electrons. The number of nitrogens with one attached hydrogen (secondary N) is 1. The van der Waals surface area contributed by atoms with Gasteiger partial charge in [0.15, 0.2) is 0 Å². The van der Waals surface area contributed by atoms with Crippen LogP contribution in [0.2, 0.25) is 5.15 Å². The number of aromatic nitrogens is 2. The number of amidine groups is 1. The molecule has 1 aliphatic heterocycles. The molecule has 2 heterocycles. The molecular formula is C8H10ClN5O. The molecule has 0 atom stereocenters. The Bertz CT molecular complexity index is 420. The molecule has 0 unspecified atom stereocenters. The summed E-state index contributed by atoms with van der Waals surface area (Å²) >= 11 is 5.96. The Kier molecular flexibility index (Phi) is 2.59. The maximum Gasteiger partial charge on any atom is 0.230 e. The molecule has 0 saturated carbocycles. The van der Waals surface area contributed by atoms with Crippen LogP contribution >= 0.6 is 11.6 Å². The third-order valence-corrected chi connectivity index (χ3v) is 2.23. The Labute approximate surface area is 91.5 Å². The van der Waals surface area contributed by atoms with Gasteiger partial charge in [0.2, 0.25) is 11.8 Å². The Morgan fingerprint density at radius 1 is 1.47 bits per heavy atom. The van der Waals surface area contributed by atoms with Crippen molar-refractivity contribution in [3.05, 3.63) is 10.7 Å². The lowest BCUT2D eigenvalue weighted by atomic mass is 10.3. The first-order chi connectivity index (χ1) is 7.22. The van der Waals surface area contributed by atoms with Crippen molar-refractivity contribution in [1.82, 2.24) is 15.3 Å². The molecule has 0 bridgehead atoms. The summed E-state index contributed by atoms with van der Waals surface area (Å²) < 4.78 is 5.08. The van der Waals surface area contributed by atoms with Gasteiger partial charge in [0, 0.05) is 6.54 Å². The van der Waals surface area contributed by atoms with Crippen LogP contribution in [-0.2, 0) is 0 Å². The highest BCUT2D eigenvalue weighted by atomic mass is 35.5. The van der Waals surface area contributed by atoms with Crippen molar-refractivity contribution in [2.45, 2.75) is 0 Å². The minimum absolute atomic E-state index is 0.0826. The minimum Gasteiger partial charge on any atom is -0.480 e. The Balaban J connectivity index is 2.53. The van der Waals surface area contributed by atoms with Crippen molar-refractivity contribution in [2.75, 3.05) is 25.9 Å². The van der Waals surface area contributed by atoms with Gasteiger partial charge in [-0.25, -0.2) is 4.98 Å². The fraction of sp³-hybridized carbons (Fsp3) is 0.375. The lowest BCUT2D eigenvalue weighted by molar-refractivity contribution is 0.396. The molecule has 1 aliphatic rings. The molecule has 0 saturated heterocycles. The Morgan fingerprint density at radius 3 is 2.87 bits per heavy atom. The van der Waals surface area contributed by atoms with E-state index in [0.717, 1.165) is 6.54 Å². The van der Waals surface area contributed by atoms with E-state index in [0.29, 0.717) is 23.8 Å². The first kappa shape index (κ1) is 9.97. The van der Waals surface area contributed by atoms with Crippen LogP contribution in [0.5, 0.6) is 5.88 Å². The molecule has 0 aromatic carbocycles. The summed E-state index contributed by atoms with van der Waals surface area (Å²) in [4.78, 5) is 12.0. The van der Waals surface area contributed by atoms with Gasteiger partial charge >= 0.3 is 0 Å². The number of methoxy groups -OCH3 is 1. The predicted octanol–water partition coefficient (Wildman–Crippen LogP) is 0.0706. The van der Waals surface area contributed by atoms with E-state index < -0.39 is 0 Å². The van der Waals surface area contributed by atoms with Crippen LogP contribution < -0.4 is 15.8 Å². The highest BCUT2D eigenvalue weighted by Crippen LogP contribution is 2.24. The first-order valence-electron chi connectivity index (χ1n) is 4.38. The predicted molar refractivity (Wildman–Crippen MR) is 57.4 cm³/mol. The summed E-state index contributed by atoms with van der Waals surface area (Å²) in [5, 5.41) is 3.32. The molecular weight excluding hydrogens is 218 g/mol. The first-order valence-corrected chi connectivity index (χ1v) is 4.76. The van der Waals surface area contributed by atoms with Crippen LogP contribution in [0, 0.1) is 0 Å². The van der Waals surface area contributed by atoms with Crippen molar-refractivity contribution < 1.29 is 4.74 Å². The van der Waals surface area contributed by atoms with E-state index in [9.17, 15) is 0 Å². The fourth-order valence-electron chi connectivity index (χ4n) is 1.34. The number of hydrogen-bond donors (Lipinski definition) is 2. The SMILES string of the molecule is COc1nc(N)nc(Cl)c1C1=NCCN1. The van der Waals surface area contributed by atoms with E-state index in [2.05, 4.69) is 20.3 Å². The van der Waals surface area contributed by atoms with Crippen LogP contribution in [0.25, 0.3) is 0 Å². The van der Waals surface area contributed by atoms with Gasteiger partial charge in [-0.3, -0.25) is 4.99 Å². The normalized spacial score (nSPS) is 14.7. The molecule has 80 valence electrons. The lowest BCUT2D eigenvalue weighted by Crippen LogP contribution is -2.21. The van der Waals surface area contributed by atoms with Crippen LogP contribution in [0.3, 0.4) is 0 Å². The minimum atomic E-state index is 0.0826. The second-order valence-corrected chi connectivity index (χ2v) is 3.27. The zero-order valence-electron chi connectivity index (χ0n) is 8.12. The highest BCUT2D eigenvalue weighted by Gasteiger charge is 2.20. The number of nitrogens with two attached hydrogens (primary N) is 1. The van der Waals surface area contributed by atoms with Crippen molar-refractivity contribution >= 4 is 23.4 Å². The number of anilines is 1. The van der Waals surface area contributed by atoms with E-state index in [1.165, 1.54) is 7.11 Å². The van der Waals surface area contributed by atoms with Gasteiger partial charge in [-0.2, -0.15) is 4.98 Å². The third kappa shape index (κ3) is 1.80. The topological polar surface area (TPSA) is 85.4 Å². The largest absolute Gasteiger partial charge is 0.480 e. The van der Waals surface area contributed by atoms with Gasteiger partial charge < -0.3 is 15.8 Å². The zero-order chi connectivity index (χ0) is 10.8. The van der Waals surface area contributed by atoms with Crippen LogP contribution in [-0.4, -0.2) is 36.0 Å². The molecule has 0 amide bonds. The fourth-order valence-corrected chi connectivity index (χ4v) is 1.60. The van der Waals surface area contributed by atoms with Gasteiger partial charge in [0.25, 0.3) is 0 Å². The summed E-state index contributed by atoms with van der Waals surface area (Å²) in [5.41, 5.74) is 6.02. The van der Waals surface area contributed by atoms with Crippen molar-refractivity contribution in [3.63, 3.8) is 0 Å². The number of aliphatic imine (C=N–C) groups is 1. The lowest BCUT2D eigenvalue weighted by Gasteiger charge is -2.09. The van der Waals surface area contributed by atoms with Crippen molar-refractivity contribution in [2.24, 2.45) is 4.99 Å². The monoisotopic (exact) mass is 227 g/mol. The Hall–Kier alpha value is -1.56. The number of halogens is 1. The van der Waals surface area contributed by atoms with Crippen LogP contribution in [0.15, 0.2) is 4.99 Å². The molecule has 0 fully saturated rings. The van der Waals surface area contributed by atoms with Gasteiger partial charge in [-0.15, -0.1) is 0 Å². The number of nitrogen functional groups attached to an aromatic ring is 1. The number of ether oxygens (including phenoxy) is 1. The van der Waals surface area contributed by atoms with E-state index >= 15 is 0 Å². The molecule has 0 spiro atoms. The van der Waals surface area contributed by atoms with E-state index in [1.807, 2.05) is 0 Å². The third-order valence-electron chi connectivity index (χ3n) is 1.95. The average molecular weight is 228 g/mol. The molecule has 6 nitrogen and oxygen atoms in total. The van der Waals surface area contributed by atoms with Crippen LogP contribution in [0.4, 0.5) is 5.95 Å². The van der Waals surface area contributed by atoms with Gasteiger partial charge in [-0.1, -0.05) is 11.6 Å². The molecule has 1 aromatic rings. The van der Waals surface area contributed by atoms with Gasteiger partial charge in [-0.05, 0) is 0 Å². The molecule has 3 N–H and O–H groups in total. The summed E-state index contributed by atoms with van der Waals surface area (Å²) in [5.74, 6) is 1.07. The standard InChI is InChI=1S/C8H10ClN5O/c1-15-7-4(6-11-2-3-12-6)5(9)13-8(10)14-7/h2-3H2,1H3,(H,11,12)(H2,10,13,14). The Morgan fingerprint density at radius 2 is 2.27 bits per heavy atom. The van der Waals surface area contributed by atoms with E-state index in [-0.39, 0.29) is 11.1 Å². The van der Waals surface area contributed by atoms with Crippen molar-refractivity contribution in [3.8, 4) is 5.88 Å². The maximum atomic E-state index is 5.96. The molecule has 15 heavy (non-hydrogen) atoms. The zero-order valence-corrected chi connectivity index (χ0v) is 8.88. The second kappa shape index (κ2) is 3.90. The van der Waals surface area contributed by atoms with Crippen LogP contribution in [0.1, 0.15) is 5.56 Å². The maximum absolute atomic E-state index is 5.96. The smallest absolute Gasteiger partial charge is 0.230 e. The van der Waals surface area contributed by atoms with Crippen molar-refractivity contribution in [1.29, 1.82) is 0 Å². The number of hydrogen-bond acceptors (Lipinski definition) is 6. The molecule has 2 rings (SSSR count). The number of rotatable bonds is 2. The average Bonchev–Trinajstić information content (AvgIpc) is 2.69. The summed E-state index contributed by atoms with van der Waals surface area (Å²) in [6.07, 6.45) is 0. The molecule has 1 aromatic heterocycles.